The Morgan fingerprint density at radius 2 is 0.500 bits per heavy atom. The van der Waals surface area contributed by atoms with Crippen LogP contribution in [0.2, 0.25) is 0 Å². The molecule has 0 atom stereocenters. The maximum atomic E-state index is 5.82. The summed E-state index contributed by atoms with van der Waals surface area (Å²) in [6, 6.07) is 0. The van der Waals surface area contributed by atoms with Crippen LogP contribution < -0.4 is 0 Å². The van der Waals surface area contributed by atoms with Crippen LogP contribution in [0.3, 0.4) is 0 Å². The van der Waals surface area contributed by atoms with Crippen LogP contribution in [0.15, 0.2) is 0 Å². The molecule has 0 spiro atoms. The second-order valence-electron chi connectivity index (χ2n) is 9.39. The van der Waals surface area contributed by atoms with Crippen molar-refractivity contribution in [3.8, 4) is 0 Å². The van der Waals surface area contributed by atoms with Crippen LogP contribution in [0.5, 0.6) is 0 Å². The molecular formula is C28H58NaO. The van der Waals surface area contributed by atoms with Crippen molar-refractivity contribution >= 4 is 29.6 Å². The van der Waals surface area contributed by atoms with Gasteiger partial charge >= 0.3 is 0 Å². The Labute approximate surface area is 214 Å². The Hall–Kier alpha value is 0.960. The zero-order valence-corrected chi connectivity index (χ0v) is 23.8. The van der Waals surface area contributed by atoms with Crippen molar-refractivity contribution in [3.05, 3.63) is 0 Å². The topological polar surface area (TPSA) is 9.23 Å². The maximum Gasteiger partial charge on any atom is 0.0466 e. The molecule has 1 radical (unpaired) electrons. The van der Waals surface area contributed by atoms with Crippen molar-refractivity contribution in [1.82, 2.24) is 0 Å². The normalized spacial score (nSPS) is 11.0. The molecule has 0 unspecified atom stereocenters. The zero-order valence-electron chi connectivity index (χ0n) is 21.8. The maximum absolute atomic E-state index is 5.82. The Bertz CT molecular complexity index is 243. The van der Waals surface area contributed by atoms with Crippen molar-refractivity contribution in [2.24, 2.45) is 0 Å². The first-order valence-electron chi connectivity index (χ1n) is 14.0. The Kier molecular flexibility index (Phi) is 35.5. The van der Waals surface area contributed by atoms with Gasteiger partial charge in [-0.15, -0.1) is 0 Å². The summed E-state index contributed by atoms with van der Waals surface area (Å²) >= 11 is 0. The summed E-state index contributed by atoms with van der Waals surface area (Å²) in [5.41, 5.74) is 0. The number of hydrogen-bond donors (Lipinski definition) is 0. The van der Waals surface area contributed by atoms with Crippen molar-refractivity contribution in [1.29, 1.82) is 0 Å². The van der Waals surface area contributed by atoms with Gasteiger partial charge in [0.2, 0.25) is 0 Å². The third-order valence-electron chi connectivity index (χ3n) is 6.28. The molecule has 0 N–H and O–H groups in total. The fraction of sp³-hybridized carbons (Fsp3) is 1.00. The van der Waals surface area contributed by atoms with Gasteiger partial charge in [0, 0.05) is 42.8 Å². The van der Waals surface area contributed by atoms with Gasteiger partial charge in [0.15, 0.2) is 0 Å². The van der Waals surface area contributed by atoms with Gasteiger partial charge in [-0.05, 0) is 12.8 Å². The van der Waals surface area contributed by atoms with Gasteiger partial charge in [0.1, 0.15) is 0 Å². The predicted molar refractivity (Wildman–Crippen MR) is 139 cm³/mol. The first kappa shape index (κ1) is 33.1. The van der Waals surface area contributed by atoms with E-state index in [9.17, 15) is 0 Å². The number of unbranched alkanes of at least 4 members (excludes halogenated alkanes) is 22. The largest absolute Gasteiger partial charge is 0.381 e. The van der Waals surface area contributed by atoms with Crippen LogP contribution in [0, 0.1) is 0 Å². The quantitative estimate of drug-likeness (QED) is 0.0973. The first-order chi connectivity index (χ1) is 14.4. The smallest absolute Gasteiger partial charge is 0.0466 e. The van der Waals surface area contributed by atoms with E-state index >= 15 is 0 Å². The van der Waals surface area contributed by atoms with Crippen LogP contribution >= 0.6 is 0 Å². The van der Waals surface area contributed by atoms with Crippen molar-refractivity contribution in [3.63, 3.8) is 0 Å². The molecule has 0 heterocycles. The molecule has 0 aromatic heterocycles. The van der Waals surface area contributed by atoms with Crippen LogP contribution in [-0.4, -0.2) is 42.8 Å². The van der Waals surface area contributed by atoms with Gasteiger partial charge in [0.25, 0.3) is 0 Å². The summed E-state index contributed by atoms with van der Waals surface area (Å²) in [6.45, 7) is 6.58. The van der Waals surface area contributed by atoms with Crippen LogP contribution in [0.25, 0.3) is 0 Å². The third kappa shape index (κ3) is 31.1. The average molecular weight is 434 g/mol. The van der Waals surface area contributed by atoms with Crippen LogP contribution in [0.4, 0.5) is 0 Å². The molecule has 0 saturated carbocycles. The van der Waals surface area contributed by atoms with Crippen molar-refractivity contribution in [2.75, 3.05) is 13.2 Å². The molecule has 0 amide bonds. The fourth-order valence-corrected chi connectivity index (χ4v) is 4.19. The summed E-state index contributed by atoms with van der Waals surface area (Å²) in [6.07, 6.45) is 34.1. The van der Waals surface area contributed by atoms with Gasteiger partial charge < -0.3 is 4.74 Å². The molecular weight excluding hydrogens is 375 g/mol. The molecule has 1 nitrogen and oxygen atoms in total. The molecule has 0 aromatic rings. The molecule has 30 heavy (non-hydrogen) atoms. The van der Waals surface area contributed by atoms with E-state index in [1.807, 2.05) is 0 Å². The van der Waals surface area contributed by atoms with E-state index in [-0.39, 0.29) is 29.6 Å². The van der Waals surface area contributed by atoms with E-state index in [0.29, 0.717) is 0 Å². The minimum Gasteiger partial charge on any atom is -0.381 e. The molecule has 0 aromatic carbocycles. The summed E-state index contributed by atoms with van der Waals surface area (Å²) in [5.74, 6) is 0. The monoisotopic (exact) mass is 433 g/mol. The van der Waals surface area contributed by atoms with Gasteiger partial charge in [-0.3, -0.25) is 0 Å². The Morgan fingerprint density at radius 3 is 0.733 bits per heavy atom. The molecule has 0 fully saturated rings. The summed E-state index contributed by atoms with van der Waals surface area (Å²) in [4.78, 5) is 0. The first-order valence-corrected chi connectivity index (χ1v) is 14.0. The summed E-state index contributed by atoms with van der Waals surface area (Å²) in [5, 5.41) is 0. The van der Waals surface area contributed by atoms with Crippen molar-refractivity contribution in [2.45, 2.75) is 168 Å². The molecule has 0 aliphatic carbocycles. The van der Waals surface area contributed by atoms with Crippen LogP contribution in [-0.2, 0) is 4.74 Å². The van der Waals surface area contributed by atoms with E-state index in [4.69, 9.17) is 4.74 Å². The summed E-state index contributed by atoms with van der Waals surface area (Å²) in [7, 11) is 0. The van der Waals surface area contributed by atoms with Gasteiger partial charge in [-0.1, -0.05) is 155 Å². The molecule has 2 heteroatoms. The number of hydrogen-bond acceptors (Lipinski definition) is 1. The third-order valence-corrected chi connectivity index (χ3v) is 6.28. The average Bonchev–Trinajstić information content (AvgIpc) is 2.74. The second kappa shape index (κ2) is 32.1. The van der Waals surface area contributed by atoms with E-state index in [2.05, 4.69) is 13.8 Å². The SMILES string of the molecule is CCCCCCCCCCCCCCOCCCCCCCCCCCCCC.[Na]. The molecule has 0 aliphatic rings. The van der Waals surface area contributed by atoms with E-state index in [0.717, 1.165) is 13.2 Å². The summed E-state index contributed by atoms with van der Waals surface area (Å²) < 4.78 is 5.82. The fourth-order valence-electron chi connectivity index (χ4n) is 4.19. The number of ether oxygens (including phenoxy) is 1. The van der Waals surface area contributed by atoms with E-state index in [1.165, 1.54) is 154 Å². The van der Waals surface area contributed by atoms with E-state index in [1.54, 1.807) is 0 Å². The molecule has 177 valence electrons. The zero-order chi connectivity index (χ0) is 21.1. The van der Waals surface area contributed by atoms with Gasteiger partial charge in [-0.25, -0.2) is 0 Å². The number of rotatable bonds is 26. The van der Waals surface area contributed by atoms with Crippen molar-refractivity contribution < 1.29 is 4.74 Å². The molecule has 0 bridgehead atoms. The predicted octanol–water partition coefficient (Wildman–Crippen LogP) is 10.0. The standard InChI is InChI=1S/C28H58O.Na/c1-3-5-7-9-11-13-15-17-19-21-23-25-27-29-28-26-24-22-20-18-16-14-12-10-8-6-4-2;/h3-28H2,1-2H3;. The molecule has 0 saturated heterocycles. The van der Waals surface area contributed by atoms with E-state index < -0.39 is 0 Å². The Morgan fingerprint density at radius 1 is 0.300 bits per heavy atom. The van der Waals surface area contributed by atoms with Crippen LogP contribution in [0.1, 0.15) is 168 Å². The Balaban J connectivity index is 0. The second-order valence-corrected chi connectivity index (χ2v) is 9.39. The van der Waals surface area contributed by atoms with Gasteiger partial charge in [-0.2, -0.15) is 0 Å². The van der Waals surface area contributed by atoms with Gasteiger partial charge in [0.05, 0.1) is 0 Å². The minimum absolute atomic E-state index is 0. The minimum atomic E-state index is 0. The molecule has 0 rings (SSSR count). The molecule has 0 aliphatic heterocycles.